The summed E-state index contributed by atoms with van der Waals surface area (Å²) in [6.07, 6.45) is 5.09. The van der Waals surface area contributed by atoms with Gasteiger partial charge in [-0.2, -0.15) is 0 Å². The monoisotopic (exact) mass is 277 g/mol. The van der Waals surface area contributed by atoms with Crippen LogP contribution in [0.1, 0.15) is 53.0 Å². The van der Waals surface area contributed by atoms with E-state index in [9.17, 15) is 0 Å². The van der Waals surface area contributed by atoms with E-state index in [-0.39, 0.29) is 6.04 Å². The van der Waals surface area contributed by atoms with E-state index in [4.69, 9.17) is 5.73 Å². The maximum Gasteiger partial charge on any atom is 0.132 e. The Labute approximate surface area is 124 Å². The molecule has 2 N–H and O–H groups in total. The summed E-state index contributed by atoms with van der Waals surface area (Å²) in [5, 5.41) is 0. The fourth-order valence-electron chi connectivity index (χ4n) is 2.73. The highest BCUT2D eigenvalue weighted by Crippen LogP contribution is 2.24. The van der Waals surface area contributed by atoms with Crippen LogP contribution in [0, 0.1) is 5.92 Å². The average molecular weight is 277 g/mol. The van der Waals surface area contributed by atoms with Gasteiger partial charge < -0.3 is 10.6 Å². The molecule has 0 saturated carbocycles. The van der Waals surface area contributed by atoms with Crippen molar-refractivity contribution in [3.05, 3.63) is 23.9 Å². The molecular formula is C17H31N3. The Kier molecular flexibility index (Phi) is 7.00. The number of hydrogen-bond donors (Lipinski definition) is 1. The van der Waals surface area contributed by atoms with E-state index < -0.39 is 0 Å². The van der Waals surface area contributed by atoms with Crippen molar-refractivity contribution in [2.24, 2.45) is 11.7 Å². The van der Waals surface area contributed by atoms with Crippen molar-refractivity contribution in [1.82, 2.24) is 4.98 Å². The number of nitrogens with two attached hydrogens (primary N) is 1. The summed E-state index contributed by atoms with van der Waals surface area (Å²) in [6.45, 7) is 12.2. The Morgan fingerprint density at radius 1 is 1.20 bits per heavy atom. The predicted molar refractivity (Wildman–Crippen MR) is 88.1 cm³/mol. The molecule has 0 radical (unpaired) electrons. The number of pyridine rings is 1. The first-order valence-corrected chi connectivity index (χ1v) is 7.95. The lowest BCUT2D eigenvalue weighted by atomic mass is 10.0. The lowest BCUT2D eigenvalue weighted by Gasteiger charge is -2.34. The van der Waals surface area contributed by atoms with E-state index in [1.54, 1.807) is 0 Å². The molecule has 1 atom stereocenters. The number of rotatable bonds is 8. The molecule has 1 rings (SSSR count). The van der Waals surface area contributed by atoms with E-state index in [1.807, 2.05) is 12.3 Å². The van der Waals surface area contributed by atoms with Gasteiger partial charge in [0.05, 0.1) is 0 Å². The number of aromatic nitrogens is 1. The molecule has 3 heteroatoms. The molecule has 0 aliphatic rings. The smallest absolute Gasteiger partial charge is 0.132 e. The molecule has 0 aliphatic carbocycles. The zero-order valence-corrected chi connectivity index (χ0v) is 13.8. The lowest BCUT2D eigenvalue weighted by molar-refractivity contribution is 0.501. The Bertz CT molecular complexity index is 384. The average Bonchev–Trinajstić information content (AvgIpc) is 2.38. The van der Waals surface area contributed by atoms with Crippen LogP contribution >= 0.6 is 0 Å². The van der Waals surface area contributed by atoms with Gasteiger partial charge in [0.2, 0.25) is 0 Å². The first kappa shape index (κ1) is 17.0. The second-order valence-corrected chi connectivity index (χ2v) is 6.18. The third-order valence-electron chi connectivity index (χ3n) is 3.63. The number of anilines is 1. The van der Waals surface area contributed by atoms with Crippen LogP contribution < -0.4 is 10.6 Å². The summed E-state index contributed by atoms with van der Waals surface area (Å²) in [6, 6.07) is 4.91. The summed E-state index contributed by atoms with van der Waals surface area (Å²) < 4.78 is 0. The maximum absolute atomic E-state index is 5.99. The van der Waals surface area contributed by atoms with Crippen LogP contribution in [0.15, 0.2) is 18.3 Å². The van der Waals surface area contributed by atoms with Crippen molar-refractivity contribution < 1.29 is 0 Å². The van der Waals surface area contributed by atoms with Gasteiger partial charge in [-0.15, -0.1) is 0 Å². The predicted octanol–water partition coefficient (Wildman–Crippen LogP) is 3.62. The molecule has 1 aromatic rings. The molecule has 0 saturated heterocycles. The lowest BCUT2D eigenvalue weighted by Crippen LogP contribution is -2.39. The second kappa shape index (κ2) is 8.25. The molecule has 20 heavy (non-hydrogen) atoms. The number of nitrogens with zero attached hydrogens (tertiary/aromatic N) is 2. The van der Waals surface area contributed by atoms with Gasteiger partial charge in [0.1, 0.15) is 5.82 Å². The van der Waals surface area contributed by atoms with Crippen molar-refractivity contribution >= 4 is 5.82 Å². The molecule has 0 aromatic carbocycles. The first-order chi connectivity index (χ1) is 9.49. The third kappa shape index (κ3) is 4.78. The standard InChI is InChI=1S/C17H31N3/c1-6-16(7-2)20(12-13(3)4)17-15(11-14(5)18)9-8-10-19-17/h8-10,13-14,16H,6-7,11-12,18H2,1-5H3. The first-order valence-electron chi connectivity index (χ1n) is 7.95. The highest BCUT2D eigenvalue weighted by atomic mass is 15.2. The van der Waals surface area contributed by atoms with Crippen LogP contribution in [0.5, 0.6) is 0 Å². The molecule has 3 nitrogen and oxygen atoms in total. The molecule has 0 bridgehead atoms. The third-order valence-corrected chi connectivity index (χ3v) is 3.63. The highest BCUT2D eigenvalue weighted by Gasteiger charge is 2.20. The molecule has 0 aliphatic heterocycles. The zero-order valence-electron chi connectivity index (χ0n) is 13.8. The maximum atomic E-state index is 5.99. The van der Waals surface area contributed by atoms with Crippen LogP contribution in [-0.2, 0) is 6.42 Å². The molecule has 1 aromatic heterocycles. The minimum absolute atomic E-state index is 0.167. The van der Waals surface area contributed by atoms with Gasteiger partial charge in [-0.3, -0.25) is 0 Å². The minimum Gasteiger partial charge on any atom is -0.353 e. The molecule has 0 spiro atoms. The summed E-state index contributed by atoms with van der Waals surface area (Å²) in [7, 11) is 0. The summed E-state index contributed by atoms with van der Waals surface area (Å²) in [5.41, 5.74) is 7.26. The van der Waals surface area contributed by atoms with Gasteiger partial charge in [0.15, 0.2) is 0 Å². The van der Waals surface area contributed by atoms with Crippen molar-refractivity contribution in [3.8, 4) is 0 Å². The van der Waals surface area contributed by atoms with Crippen molar-refractivity contribution in [2.45, 2.75) is 66.0 Å². The SMILES string of the molecule is CCC(CC)N(CC(C)C)c1ncccc1CC(C)N. The highest BCUT2D eigenvalue weighted by molar-refractivity contribution is 5.48. The normalized spacial score (nSPS) is 13.0. The second-order valence-electron chi connectivity index (χ2n) is 6.18. The Balaban J connectivity index is 3.11. The van der Waals surface area contributed by atoms with Gasteiger partial charge >= 0.3 is 0 Å². The number of hydrogen-bond acceptors (Lipinski definition) is 3. The molecular weight excluding hydrogens is 246 g/mol. The molecule has 1 heterocycles. The minimum atomic E-state index is 0.167. The van der Waals surface area contributed by atoms with E-state index >= 15 is 0 Å². The van der Waals surface area contributed by atoms with Crippen molar-refractivity contribution in [3.63, 3.8) is 0 Å². The van der Waals surface area contributed by atoms with E-state index in [0.29, 0.717) is 12.0 Å². The van der Waals surface area contributed by atoms with Gasteiger partial charge in [-0.25, -0.2) is 4.98 Å². The van der Waals surface area contributed by atoms with Gasteiger partial charge in [0, 0.05) is 24.8 Å². The van der Waals surface area contributed by atoms with Crippen LogP contribution in [0.3, 0.4) is 0 Å². The largest absolute Gasteiger partial charge is 0.353 e. The van der Waals surface area contributed by atoms with Crippen LogP contribution in [-0.4, -0.2) is 23.6 Å². The Hall–Kier alpha value is -1.09. The molecule has 1 unspecified atom stereocenters. The van der Waals surface area contributed by atoms with E-state index in [0.717, 1.165) is 31.6 Å². The van der Waals surface area contributed by atoms with E-state index in [1.165, 1.54) is 5.56 Å². The molecule has 114 valence electrons. The van der Waals surface area contributed by atoms with Crippen LogP contribution in [0.25, 0.3) is 0 Å². The van der Waals surface area contributed by atoms with Crippen LogP contribution in [0.4, 0.5) is 5.82 Å². The summed E-state index contributed by atoms with van der Waals surface area (Å²) in [4.78, 5) is 7.16. The van der Waals surface area contributed by atoms with Crippen LogP contribution in [0.2, 0.25) is 0 Å². The van der Waals surface area contributed by atoms with Gasteiger partial charge in [-0.05, 0) is 43.7 Å². The van der Waals surface area contributed by atoms with E-state index in [2.05, 4.69) is 50.6 Å². The zero-order chi connectivity index (χ0) is 15.1. The topological polar surface area (TPSA) is 42.2 Å². The summed E-state index contributed by atoms with van der Waals surface area (Å²) >= 11 is 0. The van der Waals surface area contributed by atoms with Gasteiger partial charge in [0.25, 0.3) is 0 Å². The Morgan fingerprint density at radius 2 is 1.85 bits per heavy atom. The Morgan fingerprint density at radius 3 is 2.35 bits per heavy atom. The van der Waals surface area contributed by atoms with Crippen molar-refractivity contribution in [1.29, 1.82) is 0 Å². The molecule has 0 fully saturated rings. The fourth-order valence-corrected chi connectivity index (χ4v) is 2.73. The van der Waals surface area contributed by atoms with Crippen molar-refractivity contribution in [2.75, 3.05) is 11.4 Å². The molecule has 0 amide bonds. The quantitative estimate of drug-likeness (QED) is 0.789. The van der Waals surface area contributed by atoms with Gasteiger partial charge in [-0.1, -0.05) is 33.8 Å². The fraction of sp³-hybridized carbons (Fsp3) is 0.706. The summed E-state index contributed by atoms with van der Waals surface area (Å²) in [5.74, 6) is 1.76.